The van der Waals surface area contributed by atoms with Crippen LogP contribution in [0.3, 0.4) is 0 Å². The standard InChI is InChI=1S/C13H5B15N2O2/c14-7(15)9(18,19)30(10(20,21)8(16,17)29-7)5-1-3-6(4-2-5)31-11(22,23)12(24,25)32-13(26,27)28/h1-4,29H. The summed E-state index contributed by atoms with van der Waals surface area (Å²) in [6, 6.07) is 5.47. The number of nitrogens with zero attached hydrogens (tertiary/aromatic N) is 1. The molecule has 19 heteroatoms. The second kappa shape index (κ2) is 8.14. The Kier molecular flexibility index (Phi) is 7.11. The summed E-state index contributed by atoms with van der Waals surface area (Å²) in [6.07, 6.45) is 0. The number of nitrogens with one attached hydrogen (secondary N) is 1. The first-order chi connectivity index (χ1) is 14.0. The number of anilines is 1. The third kappa shape index (κ3) is 5.04. The fourth-order valence-corrected chi connectivity index (χ4v) is 2.96. The summed E-state index contributed by atoms with van der Waals surface area (Å²) < 4.78 is 10.3. The van der Waals surface area contributed by atoms with Crippen molar-refractivity contribution in [1.29, 1.82) is 0 Å². The summed E-state index contributed by atoms with van der Waals surface area (Å²) >= 11 is 0. The zero-order valence-corrected chi connectivity index (χ0v) is 17.2. The molecular formula is C13H5B15N2O2. The highest BCUT2D eigenvalue weighted by Gasteiger charge is 2.55. The fraction of sp³-hybridized carbons (Fsp3) is 0.538. The molecule has 0 atom stereocenters. The Bertz CT molecular complexity index is 811. The van der Waals surface area contributed by atoms with Crippen LogP contribution >= 0.6 is 0 Å². The predicted octanol–water partition coefficient (Wildman–Crippen LogP) is -6.45. The molecule has 1 heterocycles. The summed E-state index contributed by atoms with van der Waals surface area (Å²) in [5, 5.41) is -12.9. The Morgan fingerprint density at radius 2 is 1.06 bits per heavy atom. The third-order valence-corrected chi connectivity index (χ3v) is 4.82. The van der Waals surface area contributed by atoms with Gasteiger partial charge in [0.15, 0.2) is 0 Å². The molecule has 1 fully saturated rings. The van der Waals surface area contributed by atoms with E-state index < -0.39 is 37.4 Å². The molecule has 0 bridgehead atoms. The van der Waals surface area contributed by atoms with E-state index in [2.05, 4.69) is 5.32 Å². The Morgan fingerprint density at radius 1 is 0.656 bits per heavy atom. The van der Waals surface area contributed by atoms with Gasteiger partial charge in [-0.1, -0.05) is 10.7 Å². The van der Waals surface area contributed by atoms with Gasteiger partial charge in [0.05, 0.1) is 86.3 Å². The second-order valence-electron chi connectivity index (χ2n) is 7.99. The lowest BCUT2D eigenvalue weighted by Gasteiger charge is -2.72. The van der Waals surface area contributed by atoms with Crippen LogP contribution in [0, 0.1) is 0 Å². The lowest BCUT2D eigenvalue weighted by Crippen LogP contribution is -2.92. The molecule has 1 aliphatic heterocycles. The molecule has 30 radical (unpaired) electrons. The first-order valence-electron chi connectivity index (χ1n) is 8.89. The van der Waals surface area contributed by atoms with E-state index in [1.165, 1.54) is 24.3 Å². The van der Waals surface area contributed by atoms with Gasteiger partial charge >= 0.3 is 0 Å². The van der Waals surface area contributed by atoms with Crippen molar-refractivity contribution < 1.29 is 9.47 Å². The minimum Gasteiger partial charge on any atom is -0.506 e. The lowest BCUT2D eigenvalue weighted by molar-refractivity contribution is 0.00241. The van der Waals surface area contributed by atoms with E-state index in [0.29, 0.717) is 0 Å². The van der Waals surface area contributed by atoms with Crippen LogP contribution in [0.15, 0.2) is 24.3 Å². The molecule has 1 N–H and O–H groups in total. The molecule has 1 aliphatic rings. The predicted molar refractivity (Wildman–Crippen MR) is 139 cm³/mol. The van der Waals surface area contributed by atoms with Gasteiger partial charge in [0, 0.05) is 16.5 Å². The van der Waals surface area contributed by atoms with Gasteiger partial charge in [0.2, 0.25) is 0 Å². The van der Waals surface area contributed by atoms with Crippen molar-refractivity contribution in [3.8, 4) is 5.75 Å². The van der Waals surface area contributed by atoms with Crippen molar-refractivity contribution in [3.05, 3.63) is 24.3 Å². The first kappa shape index (κ1) is 28.0. The average Bonchev–Trinajstić information content (AvgIpc) is 2.51. The van der Waals surface area contributed by atoms with E-state index in [1.54, 1.807) is 0 Å². The molecule has 1 aromatic rings. The maximum Gasteiger partial charge on any atom is 0.118 e. The lowest BCUT2D eigenvalue weighted by atomic mass is 9.27. The maximum atomic E-state index is 6.15. The van der Waals surface area contributed by atoms with E-state index in [9.17, 15) is 0 Å². The zero-order chi connectivity index (χ0) is 25.2. The van der Waals surface area contributed by atoms with Crippen LogP contribution < -0.4 is 15.0 Å². The molecule has 0 aliphatic carbocycles. The molecule has 1 aromatic carbocycles. The van der Waals surface area contributed by atoms with E-state index in [4.69, 9.17) is 127 Å². The van der Waals surface area contributed by atoms with E-state index >= 15 is 0 Å². The van der Waals surface area contributed by atoms with Crippen LogP contribution in [0.25, 0.3) is 0 Å². The minimum absolute atomic E-state index is 0.0345. The quantitative estimate of drug-likeness (QED) is 0.496. The van der Waals surface area contributed by atoms with Gasteiger partial charge in [-0.05, 0) is 40.2 Å². The van der Waals surface area contributed by atoms with Gasteiger partial charge in [0.1, 0.15) is 37.1 Å². The fourth-order valence-electron chi connectivity index (χ4n) is 2.96. The van der Waals surface area contributed by atoms with Crippen LogP contribution in [0.2, 0.25) is 0 Å². The second-order valence-corrected chi connectivity index (χ2v) is 7.99. The van der Waals surface area contributed by atoms with Crippen molar-refractivity contribution in [1.82, 2.24) is 5.32 Å². The molecule has 0 saturated carbocycles. The van der Waals surface area contributed by atoms with Crippen LogP contribution in [0.4, 0.5) is 5.69 Å². The molecule has 4 nitrogen and oxygen atoms in total. The molecule has 0 aromatic heterocycles. The van der Waals surface area contributed by atoms with Crippen molar-refractivity contribution in [3.63, 3.8) is 0 Å². The van der Waals surface area contributed by atoms with Crippen molar-refractivity contribution in [2.24, 2.45) is 0 Å². The van der Waals surface area contributed by atoms with Crippen LogP contribution in [0.5, 0.6) is 5.75 Å². The summed E-state index contributed by atoms with van der Waals surface area (Å²) in [7, 11) is 87.5. The Hall–Kier alpha value is -0.286. The highest BCUT2D eigenvalue weighted by molar-refractivity contribution is 6.62. The summed E-state index contributed by atoms with van der Waals surface area (Å²) in [5.41, 5.74) is 0.182. The number of piperazine rings is 1. The molecule has 0 unspecified atom stereocenters. The molecule has 124 valence electrons. The Balaban J connectivity index is 2.39. The monoisotopic (exact) mass is 386 g/mol. The van der Waals surface area contributed by atoms with Crippen LogP contribution in [-0.4, -0.2) is 155 Å². The first-order valence-corrected chi connectivity index (χ1v) is 8.89. The van der Waals surface area contributed by atoms with Crippen molar-refractivity contribution in [2.45, 2.75) is 37.4 Å². The molecule has 1 saturated heterocycles. The number of hydrogen-bond donors (Lipinski definition) is 1. The zero-order valence-electron chi connectivity index (χ0n) is 17.2. The van der Waals surface area contributed by atoms with Gasteiger partial charge in [-0.15, -0.1) is 0 Å². The molecule has 0 spiro atoms. The summed E-state index contributed by atoms with van der Waals surface area (Å²) in [6.45, 7) is 0. The Labute approximate surface area is 210 Å². The number of benzene rings is 1. The van der Waals surface area contributed by atoms with Gasteiger partial charge in [-0.2, -0.15) is 0 Å². The Morgan fingerprint density at radius 3 is 1.44 bits per heavy atom. The van der Waals surface area contributed by atoms with Crippen LogP contribution in [-0.2, 0) is 4.74 Å². The molecule has 0 amide bonds. The van der Waals surface area contributed by atoms with Gasteiger partial charge in [0.25, 0.3) is 0 Å². The topological polar surface area (TPSA) is 33.7 Å². The highest BCUT2D eigenvalue weighted by Crippen LogP contribution is 2.40. The summed E-state index contributed by atoms with van der Waals surface area (Å²) in [4.78, 5) is 1.03. The average molecular weight is 383 g/mol. The van der Waals surface area contributed by atoms with Crippen molar-refractivity contribution >= 4 is 123 Å². The molecular weight excluding hydrogens is 378 g/mol. The van der Waals surface area contributed by atoms with Crippen LogP contribution in [0.1, 0.15) is 0 Å². The highest BCUT2D eigenvalue weighted by atomic mass is 16.6. The van der Waals surface area contributed by atoms with Gasteiger partial charge in [-0.25, -0.2) is 0 Å². The van der Waals surface area contributed by atoms with E-state index in [-0.39, 0.29) is 11.4 Å². The van der Waals surface area contributed by atoms with Gasteiger partial charge < -0.3 is 19.7 Å². The van der Waals surface area contributed by atoms with E-state index in [1.807, 2.05) is 0 Å². The smallest absolute Gasteiger partial charge is 0.118 e. The summed E-state index contributed by atoms with van der Waals surface area (Å²) in [5.74, 6) is 0.0345. The molecule has 2 rings (SSSR count). The van der Waals surface area contributed by atoms with Gasteiger partial charge in [-0.3, -0.25) is 0 Å². The molecule has 32 heavy (non-hydrogen) atoms. The third-order valence-electron chi connectivity index (χ3n) is 4.82. The minimum atomic E-state index is -2.42. The van der Waals surface area contributed by atoms with E-state index in [0.717, 1.165) is 4.90 Å². The number of hydrogen-bond acceptors (Lipinski definition) is 4. The van der Waals surface area contributed by atoms with Crippen molar-refractivity contribution in [2.75, 3.05) is 4.90 Å². The largest absolute Gasteiger partial charge is 0.506 e. The maximum absolute atomic E-state index is 6.15. The SMILES string of the molecule is [B]C([B])([B])OC([B])([B])C([B])([B])Oc1ccc(N2C([B])([B])C([B])([B])NC([B])([B])C2([B])[B])cc1. The normalized spacial score (nSPS) is 22.1. The number of rotatable bonds is 6. The number of ether oxygens (including phenoxy) is 2.